The quantitative estimate of drug-likeness (QED) is 0.601. The number of carbonyl (C=O) groups is 1. The van der Waals surface area contributed by atoms with Gasteiger partial charge in [-0.15, -0.1) is 0 Å². The summed E-state index contributed by atoms with van der Waals surface area (Å²) >= 11 is 0. The third-order valence-electron chi connectivity index (χ3n) is 2.73. The van der Waals surface area contributed by atoms with Crippen molar-refractivity contribution in [3.63, 3.8) is 0 Å². The molecular formula is C13H22N2O. The van der Waals surface area contributed by atoms with Gasteiger partial charge < -0.3 is 4.57 Å². The number of Topliss-reactive ketones (excluding diaryl/α,β-unsaturated/α-hetero) is 1. The molecule has 0 spiro atoms. The highest BCUT2D eigenvalue weighted by Gasteiger charge is 2.02. The maximum atomic E-state index is 11.6. The largest absolute Gasteiger partial charge is 0.330 e. The summed E-state index contributed by atoms with van der Waals surface area (Å²) in [5.74, 6) is 0.313. The van der Waals surface area contributed by atoms with Crippen molar-refractivity contribution in [1.82, 2.24) is 9.55 Å². The Kier molecular flexibility index (Phi) is 6.54. The number of imidazole rings is 1. The summed E-state index contributed by atoms with van der Waals surface area (Å²) in [6.45, 7) is 2.70. The Bertz CT molecular complexity index is 280. The minimum atomic E-state index is 0.313. The second-order valence-electron chi connectivity index (χ2n) is 4.29. The van der Waals surface area contributed by atoms with Crippen molar-refractivity contribution in [2.45, 2.75) is 58.4 Å². The van der Waals surface area contributed by atoms with Crippen LogP contribution in [0.15, 0.2) is 18.7 Å². The minimum Gasteiger partial charge on any atom is -0.330 e. The molecule has 3 heteroatoms. The van der Waals surface area contributed by atoms with Crippen molar-refractivity contribution in [2.75, 3.05) is 0 Å². The third-order valence-corrected chi connectivity index (χ3v) is 2.73. The number of unbranched alkanes of at least 4 members (excludes halogenated alkanes) is 5. The summed E-state index contributed by atoms with van der Waals surface area (Å²) in [7, 11) is 0. The zero-order chi connectivity index (χ0) is 11.6. The van der Waals surface area contributed by atoms with Crippen LogP contribution in [0.4, 0.5) is 0 Å². The summed E-state index contributed by atoms with van der Waals surface area (Å²) in [5, 5.41) is 0. The van der Waals surface area contributed by atoms with Crippen molar-refractivity contribution in [3.8, 4) is 0 Å². The monoisotopic (exact) mass is 222 g/mol. The van der Waals surface area contributed by atoms with Crippen LogP contribution < -0.4 is 0 Å². The molecule has 1 heterocycles. The van der Waals surface area contributed by atoms with Gasteiger partial charge >= 0.3 is 0 Å². The van der Waals surface area contributed by atoms with Gasteiger partial charge in [-0.3, -0.25) is 4.79 Å². The SMILES string of the molecule is CCCCCCCCC(=O)Cn1ccnc1. The molecule has 0 atom stereocenters. The van der Waals surface area contributed by atoms with Crippen LogP contribution in [0.5, 0.6) is 0 Å². The van der Waals surface area contributed by atoms with Gasteiger partial charge in [-0.25, -0.2) is 4.98 Å². The fourth-order valence-electron chi connectivity index (χ4n) is 1.77. The number of nitrogens with zero attached hydrogens (tertiary/aromatic N) is 2. The molecule has 1 aromatic rings. The van der Waals surface area contributed by atoms with Crippen LogP contribution in [0.3, 0.4) is 0 Å². The van der Waals surface area contributed by atoms with E-state index in [-0.39, 0.29) is 0 Å². The van der Waals surface area contributed by atoms with E-state index in [0.29, 0.717) is 18.7 Å². The van der Waals surface area contributed by atoms with E-state index in [0.717, 1.165) is 6.42 Å². The Morgan fingerprint density at radius 2 is 1.94 bits per heavy atom. The first-order chi connectivity index (χ1) is 7.83. The molecule has 0 saturated heterocycles. The first-order valence-corrected chi connectivity index (χ1v) is 6.30. The summed E-state index contributed by atoms with van der Waals surface area (Å²) in [6, 6.07) is 0. The van der Waals surface area contributed by atoms with Gasteiger partial charge in [0.25, 0.3) is 0 Å². The molecule has 3 nitrogen and oxygen atoms in total. The fourth-order valence-corrected chi connectivity index (χ4v) is 1.77. The highest BCUT2D eigenvalue weighted by Crippen LogP contribution is 2.07. The Labute approximate surface area is 97.9 Å². The van der Waals surface area contributed by atoms with Crippen LogP contribution in [-0.2, 0) is 11.3 Å². The average Bonchev–Trinajstić information content (AvgIpc) is 2.76. The van der Waals surface area contributed by atoms with E-state index in [9.17, 15) is 4.79 Å². The lowest BCUT2D eigenvalue weighted by Crippen LogP contribution is -2.07. The van der Waals surface area contributed by atoms with Gasteiger partial charge in [0, 0.05) is 18.8 Å². The van der Waals surface area contributed by atoms with Crippen molar-refractivity contribution in [1.29, 1.82) is 0 Å². The molecule has 16 heavy (non-hydrogen) atoms. The van der Waals surface area contributed by atoms with Gasteiger partial charge in [0.15, 0.2) is 5.78 Å². The number of hydrogen-bond acceptors (Lipinski definition) is 2. The predicted molar refractivity (Wildman–Crippen MR) is 65.2 cm³/mol. The van der Waals surface area contributed by atoms with Crippen molar-refractivity contribution < 1.29 is 4.79 Å². The van der Waals surface area contributed by atoms with Crippen LogP contribution in [0.25, 0.3) is 0 Å². The molecule has 0 radical (unpaired) electrons. The predicted octanol–water partition coefficient (Wildman–Crippen LogP) is 3.20. The second-order valence-corrected chi connectivity index (χ2v) is 4.29. The van der Waals surface area contributed by atoms with E-state index in [1.165, 1.54) is 32.1 Å². The van der Waals surface area contributed by atoms with Gasteiger partial charge in [-0.1, -0.05) is 39.0 Å². The van der Waals surface area contributed by atoms with Gasteiger partial charge in [-0.2, -0.15) is 0 Å². The maximum absolute atomic E-state index is 11.6. The molecule has 0 bridgehead atoms. The van der Waals surface area contributed by atoms with Crippen LogP contribution >= 0.6 is 0 Å². The minimum absolute atomic E-state index is 0.313. The van der Waals surface area contributed by atoms with Crippen molar-refractivity contribution in [2.24, 2.45) is 0 Å². The number of hydrogen-bond donors (Lipinski definition) is 0. The van der Waals surface area contributed by atoms with E-state index >= 15 is 0 Å². The van der Waals surface area contributed by atoms with E-state index < -0.39 is 0 Å². The molecule has 0 N–H and O–H groups in total. The molecule has 0 aromatic carbocycles. The molecule has 0 aliphatic carbocycles. The Morgan fingerprint density at radius 3 is 2.62 bits per heavy atom. The van der Waals surface area contributed by atoms with Gasteiger partial charge in [0.1, 0.15) is 0 Å². The van der Waals surface area contributed by atoms with Crippen LogP contribution in [0.1, 0.15) is 51.9 Å². The second kappa shape index (κ2) is 8.08. The highest BCUT2D eigenvalue weighted by molar-refractivity contribution is 5.78. The molecule has 1 aromatic heterocycles. The van der Waals surface area contributed by atoms with Crippen LogP contribution in [-0.4, -0.2) is 15.3 Å². The van der Waals surface area contributed by atoms with Crippen LogP contribution in [0, 0.1) is 0 Å². The Hall–Kier alpha value is -1.12. The normalized spacial score (nSPS) is 10.6. The number of ketones is 1. The first-order valence-electron chi connectivity index (χ1n) is 6.30. The number of rotatable bonds is 9. The highest BCUT2D eigenvalue weighted by atomic mass is 16.1. The number of aromatic nitrogens is 2. The van der Waals surface area contributed by atoms with Gasteiger partial charge in [0.2, 0.25) is 0 Å². The van der Waals surface area contributed by atoms with E-state index in [4.69, 9.17) is 0 Å². The molecule has 1 rings (SSSR count). The van der Waals surface area contributed by atoms with E-state index in [1.54, 1.807) is 12.5 Å². The lowest BCUT2D eigenvalue weighted by Gasteiger charge is -2.02. The number of carbonyl (C=O) groups excluding carboxylic acids is 1. The van der Waals surface area contributed by atoms with Crippen molar-refractivity contribution >= 4 is 5.78 Å². The first kappa shape index (κ1) is 12.9. The van der Waals surface area contributed by atoms with Gasteiger partial charge in [-0.05, 0) is 6.42 Å². The lowest BCUT2D eigenvalue weighted by atomic mass is 10.1. The van der Waals surface area contributed by atoms with Gasteiger partial charge in [0.05, 0.1) is 12.9 Å². The Balaban J connectivity index is 1.98. The smallest absolute Gasteiger partial charge is 0.152 e. The maximum Gasteiger partial charge on any atom is 0.152 e. The molecule has 0 aliphatic rings. The fraction of sp³-hybridized carbons (Fsp3) is 0.692. The zero-order valence-corrected chi connectivity index (χ0v) is 10.2. The molecule has 0 amide bonds. The lowest BCUT2D eigenvalue weighted by molar-refractivity contribution is -0.119. The molecule has 0 unspecified atom stereocenters. The summed E-state index contributed by atoms with van der Waals surface area (Å²) in [6.07, 6.45) is 13.4. The van der Waals surface area contributed by atoms with Crippen LogP contribution in [0.2, 0.25) is 0 Å². The molecule has 90 valence electrons. The zero-order valence-electron chi connectivity index (χ0n) is 10.2. The van der Waals surface area contributed by atoms with Crippen molar-refractivity contribution in [3.05, 3.63) is 18.7 Å². The average molecular weight is 222 g/mol. The molecule has 0 aliphatic heterocycles. The summed E-state index contributed by atoms with van der Waals surface area (Å²) in [4.78, 5) is 15.5. The van der Waals surface area contributed by atoms with E-state index in [2.05, 4.69) is 11.9 Å². The van der Waals surface area contributed by atoms with E-state index in [1.807, 2.05) is 10.8 Å². The topological polar surface area (TPSA) is 34.9 Å². The summed E-state index contributed by atoms with van der Waals surface area (Å²) < 4.78 is 1.83. The molecule has 0 fully saturated rings. The standard InChI is InChI=1S/C13H22N2O/c1-2-3-4-5-6-7-8-13(16)11-15-10-9-14-12-15/h9-10,12H,2-8,11H2,1H3. The molecular weight excluding hydrogens is 200 g/mol. The third kappa shape index (κ3) is 5.69. The Morgan fingerprint density at radius 1 is 1.19 bits per heavy atom. The summed E-state index contributed by atoms with van der Waals surface area (Å²) in [5.41, 5.74) is 0. The molecule has 0 saturated carbocycles.